The molecule has 30 heavy (non-hydrogen) atoms. The van der Waals surface area contributed by atoms with Crippen molar-refractivity contribution >= 4 is 10.9 Å². The summed E-state index contributed by atoms with van der Waals surface area (Å²) in [5, 5.41) is 4.07. The van der Waals surface area contributed by atoms with Crippen LogP contribution in [0.3, 0.4) is 0 Å². The summed E-state index contributed by atoms with van der Waals surface area (Å²) in [6, 6.07) is 29.4. The van der Waals surface area contributed by atoms with Crippen LogP contribution in [0, 0.1) is 6.92 Å². The maximum atomic E-state index is 2.61. The van der Waals surface area contributed by atoms with Gasteiger partial charge in [0.15, 0.2) is 0 Å². The van der Waals surface area contributed by atoms with E-state index >= 15 is 0 Å². The van der Waals surface area contributed by atoms with Gasteiger partial charge in [0.05, 0.1) is 12.2 Å². The van der Waals surface area contributed by atoms with Crippen LogP contribution in [0.4, 0.5) is 0 Å². The molecule has 5 rings (SSSR count). The highest BCUT2D eigenvalue weighted by molar-refractivity contribution is 5.86. The molecule has 1 aliphatic carbocycles. The first kappa shape index (κ1) is 19.1. The molecule has 0 amide bonds. The van der Waals surface area contributed by atoms with Crippen molar-refractivity contribution in [2.45, 2.75) is 45.2 Å². The zero-order chi connectivity index (χ0) is 20.3. The Kier molecular flexibility index (Phi) is 5.42. The summed E-state index contributed by atoms with van der Waals surface area (Å²) in [5.41, 5.74) is 8.74. The number of quaternary nitrogens is 1. The van der Waals surface area contributed by atoms with Gasteiger partial charge in [0, 0.05) is 30.3 Å². The van der Waals surface area contributed by atoms with E-state index in [0.29, 0.717) is 6.04 Å². The molecule has 4 aromatic rings. The van der Waals surface area contributed by atoms with E-state index in [0.717, 1.165) is 19.5 Å². The van der Waals surface area contributed by atoms with E-state index in [1.807, 2.05) is 0 Å². The molecule has 0 radical (unpaired) electrons. The Morgan fingerprint density at radius 3 is 2.40 bits per heavy atom. The van der Waals surface area contributed by atoms with Crippen LogP contribution >= 0.6 is 0 Å². The topological polar surface area (TPSA) is 21.5 Å². The molecule has 152 valence electrons. The predicted molar refractivity (Wildman–Crippen MR) is 125 cm³/mol. The third-order valence-corrected chi connectivity index (χ3v) is 6.57. The van der Waals surface area contributed by atoms with Gasteiger partial charge in [-0.25, -0.2) is 0 Å². The van der Waals surface area contributed by atoms with Crippen molar-refractivity contribution in [1.82, 2.24) is 4.57 Å². The summed E-state index contributed by atoms with van der Waals surface area (Å²) in [4.78, 5) is 0. The van der Waals surface area contributed by atoms with E-state index in [-0.39, 0.29) is 0 Å². The Morgan fingerprint density at radius 2 is 1.63 bits per heavy atom. The molecule has 0 saturated carbocycles. The van der Waals surface area contributed by atoms with Crippen molar-refractivity contribution in [1.29, 1.82) is 0 Å². The number of aryl methyl sites for hydroxylation is 2. The average molecular weight is 396 g/mol. The molecule has 1 aliphatic rings. The number of benzene rings is 3. The molecule has 0 aliphatic heterocycles. The fourth-order valence-corrected chi connectivity index (χ4v) is 5.14. The molecule has 1 atom stereocenters. The van der Waals surface area contributed by atoms with Gasteiger partial charge in [-0.15, -0.1) is 0 Å². The third kappa shape index (κ3) is 3.80. The summed E-state index contributed by atoms with van der Waals surface area (Å²) in [6.45, 7) is 4.31. The number of rotatable bonds is 6. The second-order valence-corrected chi connectivity index (χ2v) is 8.71. The number of aromatic nitrogens is 1. The molecule has 3 aromatic carbocycles. The zero-order valence-corrected chi connectivity index (χ0v) is 17.9. The molecule has 1 heterocycles. The standard InChI is InChI=1S/C28H30N2/c1-21-15-16-27-25(19-21)24-13-8-14-26(29-18-17-22-9-4-2-5-10-22)28(24)30(27)20-23-11-6-3-7-12-23/h2-7,9-12,15-16,19,26,29H,8,13-14,17-18,20H2,1H3/p+1/t26-/m1/s1. The van der Waals surface area contributed by atoms with Crippen LogP contribution in [0.2, 0.25) is 0 Å². The fraction of sp³-hybridized carbons (Fsp3) is 0.286. The van der Waals surface area contributed by atoms with E-state index in [1.165, 1.54) is 46.9 Å². The molecule has 0 spiro atoms. The second-order valence-electron chi connectivity index (χ2n) is 8.71. The average Bonchev–Trinajstić information content (AvgIpc) is 3.09. The first-order valence-corrected chi connectivity index (χ1v) is 11.3. The fourth-order valence-electron chi connectivity index (χ4n) is 5.14. The Morgan fingerprint density at radius 1 is 0.900 bits per heavy atom. The molecule has 0 fully saturated rings. The summed E-state index contributed by atoms with van der Waals surface area (Å²) in [6.07, 6.45) is 4.90. The lowest BCUT2D eigenvalue weighted by Crippen LogP contribution is -2.86. The van der Waals surface area contributed by atoms with Crippen LogP contribution in [0.1, 0.15) is 46.8 Å². The van der Waals surface area contributed by atoms with Gasteiger partial charge in [0.25, 0.3) is 0 Å². The Hall–Kier alpha value is -2.84. The number of nitrogens with zero attached hydrogens (tertiary/aromatic N) is 1. The molecular weight excluding hydrogens is 364 g/mol. The van der Waals surface area contributed by atoms with Crippen LogP contribution in [0.25, 0.3) is 10.9 Å². The third-order valence-electron chi connectivity index (χ3n) is 6.57. The van der Waals surface area contributed by atoms with Gasteiger partial charge in [-0.05, 0) is 48.6 Å². The Labute approximate surface area is 179 Å². The largest absolute Gasteiger partial charge is 0.339 e. The predicted octanol–water partition coefficient (Wildman–Crippen LogP) is 5.18. The van der Waals surface area contributed by atoms with E-state index in [1.54, 1.807) is 11.3 Å². The minimum absolute atomic E-state index is 0.550. The smallest absolute Gasteiger partial charge is 0.127 e. The highest BCUT2D eigenvalue weighted by Gasteiger charge is 2.29. The maximum Gasteiger partial charge on any atom is 0.127 e. The van der Waals surface area contributed by atoms with E-state index in [2.05, 4.69) is 95.7 Å². The van der Waals surface area contributed by atoms with Crippen LogP contribution in [-0.4, -0.2) is 11.1 Å². The molecular formula is C28H31N2+. The van der Waals surface area contributed by atoms with E-state index < -0.39 is 0 Å². The quantitative estimate of drug-likeness (QED) is 0.464. The van der Waals surface area contributed by atoms with Gasteiger partial charge in [0.2, 0.25) is 0 Å². The lowest BCUT2D eigenvalue weighted by atomic mass is 9.91. The SMILES string of the molecule is Cc1ccc2c(c1)c1c(n2Cc2ccccc2)[C@H]([NH2+]CCc2ccccc2)CCC1. The van der Waals surface area contributed by atoms with Gasteiger partial charge in [0.1, 0.15) is 6.04 Å². The first-order valence-electron chi connectivity index (χ1n) is 11.3. The van der Waals surface area contributed by atoms with Crippen LogP contribution < -0.4 is 5.32 Å². The van der Waals surface area contributed by atoms with Gasteiger partial charge in [-0.1, -0.05) is 72.3 Å². The molecule has 2 nitrogen and oxygen atoms in total. The van der Waals surface area contributed by atoms with Crippen LogP contribution in [-0.2, 0) is 19.4 Å². The normalized spacial score (nSPS) is 16.0. The number of hydrogen-bond acceptors (Lipinski definition) is 0. The lowest BCUT2D eigenvalue weighted by Gasteiger charge is -2.24. The van der Waals surface area contributed by atoms with Gasteiger partial charge >= 0.3 is 0 Å². The van der Waals surface area contributed by atoms with Gasteiger partial charge in [-0.2, -0.15) is 0 Å². The van der Waals surface area contributed by atoms with Crippen LogP contribution in [0.5, 0.6) is 0 Å². The van der Waals surface area contributed by atoms with Gasteiger partial charge in [-0.3, -0.25) is 0 Å². The van der Waals surface area contributed by atoms with Crippen molar-refractivity contribution in [3.05, 3.63) is 107 Å². The number of fused-ring (bicyclic) bond motifs is 3. The highest BCUT2D eigenvalue weighted by atomic mass is 15.0. The highest BCUT2D eigenvalue weighted by Crippen LogP contribution is 2.36. The van der Waals surface area contributed by atoms with Crippen molar-refractivity contribution in [2.75, 3.05) is 6.54 Å². The monoisotopic (exact) mass is 395 g/mol. The van der Waals surface area contributed by atoms with Crippen molar-refractivity contribution in [3.8, 4) is 0 Å². The molecule has 0 bridgehead atoms. The van der Waals surface area contributed by atoms with Crippen LogP contribution in [0.15, 0.2) is 78.9 Å². The first-order chi connectivity index (χ1) is 14.8. The van der Waals surface area contributed by atoms with E-state index in [4.69, 9.17) is 0 Å². The van der Waals surface area contributed by atoms with Crippen molar-refractivity contribution < 1.29 is 5.32 Å². The van der Waals surface area contributed by atoms with Crippen molar-refractivity contribution in [3.63, 3.8) is 0 Å². The molecule has 2 N–H and O–H groups in total. The summed E-state index contributed by atoms with van der Waals surface area (Å²) < 4.78 is 2.61. The zero-order valence-electron chi connectivity index (χ0n) is 17.9. The molecule has 2 heteroatoms. The second kappa shape index (κ2) is 8.49. The number of nitrogens with two attached hydrogens (primary N) is 1. The maximum absolute atomic E-state index is 2.61. The van der Waals surface area contributed by atoms with Gasteiger partial charge < -0.3 is 9.88 Å². The summed E-state index contributed by atoms with van der Waals surface area (Å²) >= 11 is 0. The molecule has 0 unspecified atom stereocenters. The van der Waals surface area contributed by atoms with Crippen molar-refractivity contribution in [2.24, 2.45) is 0 Å². The molecule has 0 saturated heterocycles. The minimum Gasteiger partial charge on any atom is -0.339 e. The number of hydrogen-bond donors (Lipinski definition) is 1. The minimum atomic E-state index is 0.550. The Bertz CT molecular complexity index is 1130. The Balaban J connectivity index is 1.49. The molecule has 1 aromatic heterocycles. The van der Waals surface area contributed by atoms with E-state index in [9.17, 15) is 0 Å². The summed E-state index contributed by atoms with van der Waals surface area (Å²) in [7, 11) is 0. The summed E-state index contributed by atoms with van der Waals surface area (Å²) in [5.74, 6) is 0. The lowest BCUT2D eigenvalue weighted by molar-refractivity contribution is -0.697.